The Morgan fingerprint density at radius 2 is 2.18 bits per heavy atom. The molecule has 0 aliphatic heterocycles. The second-order valence-electron chi connectivity index (χ2n) is 3.41. The smallest absolute Gasteiger partial charge is 0.184 e. The van der Waals surface area contributed by atoms with E-state index in [1.165, 1.54) is 6.33 Å². The van der Waals surface area contributed by atoms with Crippen LogP contribution < -0.4 is 10.5 Å². The van der Waals surface area contributed by atoms with Crippen molar-refractivity contribution < 1.29 is 4.74 Å². The first-order chi connectivity index (χ1) is 8.33. The number of H-pyrrole nitrogens is 1. The van der Waals surface area contributed by atoms with Crippen LogP contribution in [-0.2, 0) is 0 Å². The van der Waals surface area contributed by atoms with Crippen LogP contribution >= 0.6 is 11.8 Å². The molecule has 0 spiro atoms. The van der Waals surface area contributed by atoms with E-state index in [4.69, 9.17) is 10.5 Å². The van der Waals surface area contributed by atoms with Gasteiger partial charge in [0.15, 0.2) is 5.16 Å². The number of aromatic amines is 1. The van der Waals surface area contributed by atoms with E-state index in [2.05, 4.69) is 15.2 Å². The first-order valence-corrected chi connectivity index (χ1v) is 6.07. The van der Waals surface area contributed by atoms with Crippen molar-refractivity contribution in [1.82, 2.24) is 15.2 Å². The highest BCUT2D eigenvalue weighted by atomic mass is 32.2. The number of ether oxygens (including phenoxy) is 1. The molecule has 0 aliphatic rings. The summed E-state index contributed by atoms with van der Waals surface area (Å²) < 4.78 is 5.12. The molecule has 0 fully saturated rings. The monoisotopic (exact) mass is 250 g/mol. The van der Waals surface area contributed by atoms with Crippen LogP contribution in [0.4, 0.5) is 0 Å². The summed E-state index contributed by atoms with van der Waals surface area (Å²) in [5.41, 5.74) is 6.93. The number of methoxy groups -OCH3 is 1. The first kappa shape index (κ1) is 11.9. The lowest BCUT2D eigenvalue weighted by Crippen LogP contribution is -2.09. The fourth-order valence-electron chi connectivity index (χ4n) is 1.46. The van der Waals surface area contributed by atoms with Crippen LogP contribution in [0.3, 0.4) is 0 Å². The van der Waals surface area contributed by atoms with E-state index >= 15 is 0 Å². The molecule has 2 aromatic rings. The summed E-state index contributed by atoms with van der Waals surface area (Å²) in [6.07, 6.45) is 1.49. The third kappa shape index (κ3) is 2.98. The lowest BCUT2D eigenvalue weighted by molar-refractivity contribution is 0.414. The molecule has 0 radical (unpaired) electrons. The Morgan fingerprint density at radius 3 is 2.71 bits per heavy atom. The van der Waals surface area contributed by atoms with Gasteiger partial charge in [-0.3, -0.25) is 5.10 Å². The molecule has 1 unspecified atom stereocenters. The van der Waals surface area contributed by atoms with E-state index in [0.29, 0.717) is 6.54 Å². The number of nitrogens with zero attached hydrogens (tertiary/aromatic N) is 2. The summed E-state index contributed by atoms with van der Waals surface area (Å²) in [7, 11) is 1.65. The molecule has 0 aliphatic carbocycles. The molecule has 1 aromatic heterocycles. The maximum atomic E-state index is 5.78. The molecule has 1 heterocycles. The van der Waals surface area contributed by atoms with Crippen LogP contribution in [0.2, 0.25) is 0 Å². The molecule has 2 rings (SSSR count). The van der Waals surface area contributed by atoms with E-state index in [1.54, 1.807) is 18.9 Å². The summed E-state index contributed by atoms with van der Waals surface area (Å²) in [5, 5.41) is 7.56. The van der Waals surface area contributed by atoms with E-state index in [1.807, 2.05) is 24.3 Å². The summed E-state index contributed by atoms with van der Waals surface area (Å²) in [6, 6.07) is 7.89. The summed E-state index contributed by atoms with van der Waals surface area (Å²) >= 11 is 1.57. The van der Waals surface area contributed by atoms with Gasteiger partial charge < -0.3 is 10.5 Å². The Kier molecular flexibility index (Phi) is 4.00. The van der Waals surface area contributed by atoms with Crippen LogP contribution in [0.1, 0.15) is 10.8 Å². The van der Waals surface area contributed by atoms with Gasteiger partial charge in [0.2, 0.25) is 0 Å². The van der Waals surface area contributed by atoms with Crippen molar-refractivity contribution in [3.8, 4) is 5.75 Å². The standard InChI is InChI=1S/C11H14N4OS/c1-16-9-4-2-8(3-5-9)10(6-12)17-11-13-7-14-15-11/h2-5,7,10H,6,12H2,1H3,(H,13,14,15). The average Bonchev–Trinajstić information content (AvgIpc) is 2.89. The third-order valence-corrected chi connectivity index (χ3v) is 3.52. The summed E-state index contributed by atoms with van der Waals surface area (Å²) in [5.74, 6) is 0.842. The highest BCUT2D eigenvalue weighted by Crippen LogP contribution is 2.32. The fourth-order valence-corrected chi connectivity index (χ4v) is 2.33. The lowest BCUT2D eigenvalue weighted by Gasteiger charge is -2.13. The van der Waals surface area contributed by atoms with Gasteiger partial charge in [-0.15, -0.1) is 0 Å². The van der Waals surface area contributed by atoms with Crippen molar-refractivity contribution in [1.29, 1.82) is 0 Å². The minimum absolute atomic E-state index is 0.161. The number of rotatable bonds is 5. The molecule has 90 valence electrons. The molecular weight excluding hydrogens is 236 g/mol. The number of benzene rings is 1. The van der Waals surface area contributed by atoms with E-state index in [0.717, 1.165) is 16.5 Å². The minimum atomic E-state index is 0.161. The molecular formula is C11H14N4OS. The molecule has 0 amide bonds. The summed E-state index contributed by atoms with van der Waals surface area (Å²) in [4.78, 5) is 4.08. The Balaban J connectivity index is 2.11. The van der Waals surface area contributed by atoms with Gasteiger partial charge in [-0.1, -0.05) is 23.9 Å². The molecule has 0 saturated carbocycles. The van der Waals surface area contributed by atoms with Gasteiger partial charge in [0.05, 0.1) is 7.11 Å². The SMILES string of the molecule is COc1ccc(C(CN)Sc2ncn[nH]2)cc1. The molecule has 1 aromatic carbocycles. The zero-order valence-electron chi connectivity index (χ0n) is 9.46. The molecule has 3 N–H and O–H groups in total. The topological polar surface area (TPSA) is 76.8 Å². The second kappa shape index (κ2) is 5.70. The molecule has 6 heteroatoms. The Bertz CT molecular complexity index is 443. The van der Waals surface area contributed by atoms with Gasteiger partial charge in [-0.25, -0.2) is 4.98 Å². The van der Waals surface area contributed by atoms with Crippen molar-refractivity contribution in [3.05, 3.63) is 36.2 Å². The largest absolute Gasteiger partial charge is 0.497 e. The zero-order valence-corrected chi connectivity index (χ0v) is 10.3. The van der Waals surface area contributed by atoms with Crippen LogP contribution in [0.5, 0.6) is 5.75 Å². The Labute approximate surface area is 104 Å². The van der Waals surface area contributed by atoms with E-state index < -0.39 is 0 Å². The van der Waals surface area contributed by atoms with Gasteiger partial charge >= 0.3 is 0 Å². The maximum Gasteiger partial charge on any atom is 0.184 e. The predicted molar refractivity (Wildman–Crippen MR) is 67.0 cm³/mol. The highest BCUT2D eigenvalue weighted by molar-refractivity contribution is 7.99. The second-order valence-corrected chi connectivity index (χ2v) is 4.60. The van der Waals surface area contributed by atoms with Crippen molar-refractivity contribution in [2.24, 2.45) is 5.73 Å². The fraction of sp³-hybridized carbons (Fsp3) is 0.273. The van der Waals surface area contributed by atoms with E-state index in [-0.39, 0.29) is 5.25 Å². The minimum Gasteiger partial charge on any atom is -0.497 e. The number of hydrogen-bond donors (Lipinski definition) is 2. The average molecular weight is 250 g/mol. The van der Waals surface area contributed by atoms with Crippen LogP contribution in [0.25, 0.3) is 0 Å². The van der Waals surface area contributed by atoms with Gasteiger partial charge in [-0.05, 0) is 17.7 Å². The highest BCUT2D eigenvalue weighted by Gasteiger charge is 2.13. The normalized spacial score (nSPS) is 12.4. The Hall–Kier alpha value is -1.53. The quantitative estimate of drug-likeness (QED) is 0.788. The van der Waals surface area contributed by atoms with Gasteiger partial charge in [0.25, 0.3) is 0 Å². The van der Waals surface area contributed by atoms with Crippen LogP contribution in [0, 0.1) is 0 Å². The van der Waals surface area contributed by atoms with Crippen molar-refractivity contribution in [3.63, 3.8) is 0 Å². The lowest BCUT2D eigenvalue weighted by atomic mass is 10.1. The molecule has 1 atom stereocenters. The van der Waals surface area contributed by atoms with E-state index in [9.17, 15) is 0 Å². The van der Waals surface area contributed by atoms with Crippen molar-refractivity contribution in [2.45, 2.75) is 10.4 Å². The summed E-state index contributed by atoms with van der Waals surface area (Å²) in [6.45, 7) is 0.539. The van der Waals surface area contributed by atoms with Gasteiger partial charge in [0.1, 0.15) is 12.1 Å². The number of nitrogens with two attached hydrogens (primary N) is 1. The molecule has 0 saturated heterocycles. The first-order valence-electron chi connectivity index (χ1n) is 5.19. The van der Waals surface area contributed by atoms with Crippen molar-refractivity contribution in [2.75, 3.05) is 13.7 Å². The van der Waals surface area contributed by atoms with Crippen molar-refractivity contribution >= 4 is 11.8 Å². The maximum absolute atomic E-state index is 5.78. The predicted octanol–water partition coefficient (Wildman–Crippen LogP) is 1.61. The van der Waals surface area contributed by atoms with Gasteiger partial charge in [0, 0.05) is 11.8 Å². The molecule has 5 nitrogen and oxygen atoms in total. The van der Waals surface area contributed by atoms with Crippen LogP contribution in [-0.4, -0.2) is 28.8 Å². The van der Waals surface area contributed by atoms with Gasteiger partial charge in [-0.2, -0.15) is 5.10 Å². The molecule has 0 bridgehead atoms. The number of thioether (sulfide) groups is 1. The number of nitrogens with one attached hydrogen (secondary N) is 1. The van der Waals surface area contributed by atoms with Crippen LogP contribution in [0.15, 0.2) is 35.7 Å². The Morgan fingerprint density at radius 1 is 1.41 bits per heavy atom. The zero-order chi connectivity index (χ0) is 12.1. The number of aromatic nitrogens is 3. The third-order valence-electron chi connectivity index (χ3n) is 2.35. The number of hydrogen-bond acceptors (Lipinski definition) is 5. The molecule has 17 heavy (non-hydrogen) atoms.